The van der Waals surface area contributed by atoms with Crippen LogP contribution in [0.5, 0.6) is 0 Å². The number of nitrogens with one attached hydrogen (secondary N) is 2. The molecule has 12 heteroatoms. The number of amides is 2. The van der Waals surface area contributed by atoms with Crippen LogP contribution in [0.15, 0.2) is 29.0 Å². The molecule has 2 N–H and O–H groups in total. The Morgan fingerprint density at radius 3 is 2.72 bits per heavy atom. The van der Waals surface area contributed by atoms with Crippen molar-refractivity contribution in [2.24, 2.45) is 0 Å². The summed E-state index contributed by atoms with van der Waals surface area (Å²) in [7, 11) is 0. The number of likely N-dealkylation sites (tertiary alicyclic amines) is 1. The largest absolute Gasteiger partial charge is 0.467 e. The number of hydrogen-bond acceptors (Lipinski definition) is 6. The predicted octanol–water partition coefficient (Wildman–Crippen LogP) is 3.49. The summed E-state index contributed by atoms with van der Waals surface area (Å²) in [5.41, 5.74) is 0.0309. The maximum absolute atomic E-state index is 13.7. The van der Waals surface area contributed by atoms with Gasteiger partial charge < -0.3 is 24.7 Å². The van der Waals surface area contributed by atoms with Gasteiger partial charge in [-0.15, -0.1) is 0 Å². The highest BCUT2D eigenvalue weighted by Crippen LogP contribution is 2.44. The molecule has 1 fully saturated rings. The maximum Gasteiger partial charge on any atom is 0.410 e. The second kappa shape index (κ2) is 8.75. The summed E-state index contributed by atoms with van der Waals surface area (Å²) < 4.78 is 52.2. The van der Waals surface area contributed by atoms with Crippen LogP contribution in [0.4, 0.5) is 23.8 Å². The molecule has 0 radical (unpaired) electrons. The molecule has 0 saturated carbocycles. The van der Waals surface area contributed by atoms with Crippen LogP contribution < -0.4 is 10.6 Å². The highest BCUT2D eigenvalue weighted by molar-refractivity contribution is 5.99. The van der Waals surface area contributed by atoms with Gasteiger partial charge in [0.15, 0.2) is 6.04 Å². The second-order valence-electron chi connectivity index (χ2n) is 7.79. The molecule has 32 heavy (non-hydrogen) atoms. The second-order valence-corrected chi connectivity index (χ2v) is 7.79. The van der Waals surface area contributed by atoms with Gasteiger partial charge in [-0.1, -0.05) is 0 Å². The molecule has 0 unspecified atom stereocenters. The first-order chi connectivity index (χ1) is 15.3. The third kappa shape index (κ3) is 4.39. The highest BCUT2D eigenvalue weighted by atomic mass is 19.4. The van der Waals surface area contributed by atoms with Crippen molar-refractivity contribution in [1.82, 2.24) is 20.0 Å². The topological polar surface area (TPSA) is 102 Å². The summed E-state index contributed by atoms with van der Waals surface area (Å²) in [6.45, 7) is 2.86. The number of carbonyl (C=O) groups is 2. The van der Waals surface area contributed by atoms with E-state index in [4.69, 9.17) is 9.15 Å². The minimum Gasteiger partial charge on any atom is -0.467 e. The molecule has 4 heterocycles. The standard InChI is InChI=1S/C20H24F3N5O4/c1-2-31-19(30)27-7-5-12(6-8-27)25-18(29)13-11-24-28-16(20(21,22)23)10-14(26-17(13)28)15-4-3-9-32-15/h3-4,9,11-12,14,16,26H,2,5-8,10H2,1H3,(H,25,29)/t14-,16-/m0/s1. The quantitative estimate of drug-likeness (QED) is 0.732. The zero-order valence-electron chi connectivity index (χ0n) is 17.4. The van der Waals surface area contributed by atoms with Gasteiger partial charge in [-0.3, -0.25) is 4.79 Å². The third-order valence-corrected chi connectivity index (χ3v) is 5.73. The molecule has 174 valence electrons. The van der Waals surface area contributed by atoms with Gasteiger partial charge in [0.25, 0.3) is 5.91 Å². The molecule has 2 aromatic heterocycles. The van der Waals surface area contributed by atoms with Gasteiger partial charge in [0, 0.05) is 25.6 Å². The van der Waals surface area contributed by atoms with Crippen LogP contribution in [-0.2, 0) is 4.74 Å². The van der Waals surface area contributed by atoms with Gasteiger partial charge in [0.1, 0.15) is 17.1 Å². The Morgan fingerprint density at radius 1 is 1.34 bits per heavy atom. The molecule has 1 saturated heterocycles. The molecule has 0 spiro atoms. The number of anilines is 1. The molecular weight excluding hydrogens is 431 g/mol. The van der Waals surface area contributed by atoms with E-state index in [1.54, 1.807) is 24.0 Å². The van der Waals surface area contributed by atoms with E-state index in [0.717, 1.165) is 10.9 Å². The molecule has 2 aromatic rings. The van der Waals surface area contributed by atoms with E-state index in [1.165, 1.54) is 6.26 Å². The fraction of sp³-hybridized carbons (Fsp3) is 0.550. The van der Waals surface area contributed by atoms with E-state index in [-0.39, 0.29) is 30.5 Å². The Morgan fingerprint density at radius 2 is 2.09 bits per heavy atom. The summed E-state index contributed by atoms with van der Waals surface area (Å²) in [4.78, 5) is 26.3. The summed E-state index contributed by atoms with van der Waals surface area (Å²) in [5.74, 6) is -0.166. The summed E-state index contributed by atoms with van der Waals surface area (Å²) in [6.07, 6.45) is -1.67. The van der Waals surface area contributed by atoms with Crippen molar-refractivity contribution in [3.8, 4) is 0 Å². The first kappa shape index (κ1) is 22.0. The lowest BCUT2D eigenvalue weighted by atomic mass is 10.0. The molecular formula is C20H24F3N5O4. The Hall–Kier alpha value is -3.18. The van der Waals surface area contributed by atoms with Crippen LogP contribution >= 0.6 is 0 Å². The number of carbonyl (C=O) groups excluding carboxylic acids is 2. The van der Waals surface area contributed by atoms with E-state index in [2.05, 4.69) is 15.7 Å². The molecule has 2 aliphatic heterocycles. The van der Waals surface area contributed by atoms with E-state index >= 15 is 0 Å². The lowest BCUT2D eigenvalue weighted by molar-refractivity contribution is -0.174. The molecule has 0 bridgehead atoms. The zero-order valence-corrected chi connectivity index (χ0v) is 17.4. The SMILES string of the molecule is CCOC(=O)N1CCC(NC(=O)c2cnn3c2N[C@H](c2ccco2)C[C@H]3C(F)(F)F)CC1. The van der Waals surface area contributed by atoms with Crippen LogP contribution in [0.2, 0.25) is 0 Å². The minimum atomic E-state index is -4.54. The Kier molecular flexibility index (Phi) is 6.02. The lowest BCUT2D eigenvalue weighted by Crippen LogP contribution is -2.46. The van der Waals surface area contributed by atoms with Gasteiger partial charge in [-0.2, -0.15) is 18.3 Å². The average Bonchev–Trinajstić information content (AvgIpc) is 3.43. The predicted molar refractivity (Wildman–Crippen MR) is 106 cm³/mol. The Balaban J connectivity index is 1.48. The van der Waals surface area contributed by atoms with Crippen LogP contribution in [0.25, 0.3) is 0 Å². The third-order valence-electron chi connectivity index (χ3n) is 5.73. The normalized spacial score (nSPS) is 21.6. The van der Waals surface area contributed by atoms with Crippen molar-refractivity contribution in [3.63, 3.8) is 0 Å². The minimum absolute atomic E-state index is 0.00133. The van der Waals surface area contributed by atoms with Crippen molar-refractivity contribution in [3.05, 3.63) is 35.9 Å². The van der Waals surface area contributed by atoms with Gasteiger partial charge in [0.05, 0.1) is 25.1 Å². The smallest absolute Gasteiger partial charge is 0.410 e. The first-order valence-corrected chi connectivity index (χ1v) is 10.4. The first-order valence-electron chi connectivity index (χ1n) is 10.4. The number of piperidine rings is 1. The van der Waals surface area contributed by atoms with Crippen molar-refractivity contribution >= 4 is 17.8 Å². The monoisotopic (exact) mass is 455 g/mol. The highest BCUT2D eigenvalue weighted by Gasteiger charge is 2.47. The Bertz CT molecular complexity index is 951. The van der Waals surface area contributed by atoms with Gasteiger partial charge in [-0.05, 0) is 31.9 Å². The zero-order chi connectivity index (χ0) is 22.9. The van der Waals surface area contributed by atoms with Crippen LogP contribution in [0.3, 0.4) is 0 Å². The molecule has 0 aromatic carbocycles. The van der Waals surface area contributed by atoms with Gasteiger partial charge >= 0.3 is 12.3 Å². The molecule has 2 aliphatic rings. The molecule has 4 rings (SSSR count). The van der Waals surface area contributed by atoms with Crippen LogP contribution in [0.1, 0.15) is 54.4 Å². The summed E-state index contributed by atoms with van der Waals surface area (Å²) >= 11 is 0. The number of halogens is 3. The number of nitrogens with zero attached hydrogens (tertiary/aromatic N) is 3. The van der Waals surface area contributed by atoms with E-state index in [0.29, 0.717) is 31.7 Å². The van der Waals surface area contributed by atoms with Crippen molar-refractivity contribution < 1.29 is 31.9 Å². The van der Waals surface area contributed by atoms with Crippen molar-refractivity contribution in [2.75, 3.05) is 25.0 Å². The van der Waals surface area contributed by atoms with Crippen LogP contribution in [0, 0.1) is 0 Å². The Labute approximate surface area is 181 Å². The fourth-order valence-corrected chi connectivity index (χ4v) is 4.09. The summed E-state index contributed by atoms with van der Waals surface area (Å²) in [6, 6.07) is 0.339. The number of fused-ring (bicyclic) bond motifs is 1. The number of furan rings is 1. The fourth-order valence-electron chi connectivity index (χ4n) is 4.09. The van der Waals surface area contributed by atoms with Crippen molar-refractivity contribution in [1.29, 1.82) is 0 Å². The van der Waals surface area contributed by atoms with E-state index < -0.39 is 30.3 Å². The number of rotatable bonds is 4. The molecule has 2 amide bonds. The van der Waals surface area contributed by atoms with Gasteiger partial charge in [-0.25, -0.2) is 9.48 Å². The molecule has 9 nitrogen and oxygen atoms in total. The van der Waals surface area contributed by atoms with Crippen molar-refractivity contribution in [2.45, 2.75) is 50.5 Å². The number of ether oxygens (including phenoxy) is 1. The lowest BCUT2D eigenvalue weighted by Gasteiger charge is -2.33. The number of hydrogen-bond donors (Lipinski definition) is 2. The number of alkyl halides is 3. The maximum atomic E-state index is 13.7. The molecule has 0 aliphatic carbocycles. The number of aromatic nitrogens is 2. The average molecular weight is 455 g/mol. The van der Waals surface area contributed by atoms with Gasteiger partial charge in [0.2, 0.25) is 0 Å². The van der Waals surface area contributed by atoms with E-state index in [1.807, 2.05) is 0 Å². The van der Waals surface area contributed by atoms with Crippen LogP contribution in [-0.4, -0.2) is 58.6 Å². The summed E-state index contributed by atoms with van der Waals surface area (Å²) in [5, 5.41) is 9.69. The van der Waals surface area contributed by atoms with E-state index in [9.17, 15) is 22.8 Å². The molecule has 2 atom stereocenters.